The van der Waals surface area contributed by atoms with Gasteiger partial charge in [0.25, 0.3) is 0 Å². The van der Waals surface area contributed by atoms with Gasteiger partial charge in [0.2, 0.25) is 0 Å². The lowest BCUT2D eigenvalue weighted by Crippen LogP contribution is -2.25. The van der Waals surface area contributed by atoms with Crippen LogP contribution < -0.4 is 0 Å². The fourth-order valence-electron chi connectivity index (χ4n) is 1.66. The highest BCUT2D eigenvalue weighted by Gasteiger charge is 2.21. The molecule has 0 heterocycles. The summed E-state index contributed by atoms with van der Waals surface area (Å²) in [6, 6.07) is 5.89. The van der Waals surface area contributed by atoms with Crippen molar-refractivity contribution in [1.29, 1.82) is 0 Å². The van der Waals surface area contributed by atoms with Crippen molar-refractivity contribution in [3.63, 3.8) is 0 Å². The molecule has 0 fully saturated rings. The molecule has 1 atom stereocenters. The molecule has 96 valence electrons. The van der Waals surface area contributed by atoms with Crippen LogP contribution in [0.2, 0.25) is 0 Å². The van der Waals surface area contributed by atoms with Crippen molar-refractivity contribution < 1.29 is 14.6 Å². The van der Waals surface area contributed by atoms with Crippen LogP contribution in [0.1, 0.15) is 36.6 Å². The Balaban J connectivity index is 2.84. The predicted octanol–water partition coefficient (Wildman–Crippen LogP) is 2.74. The fraction of sp³-hybridized carbons (Fsp3) is 0.571. The summed E-state index contributed by atoms with van der Waals surface area (Å²) in [7, 11) is 0. The van der Waals surface area contributed by atoms with Gasteiger partial charge >= 0.3 is 0 Å². The van der Waals surface area contributed by atoms with E-state index in [1.165, 1.54) is 5.56 Å². The molecular weight excluding hydrogens is 216 g/mol. The van der Waals surface area contributed by atoms with E-state index in [9.17, 15) is 5.11 Å². The van der Waals surface area contributed by atoms with Gasteiger partial charge in [0.1, 0.15) is 6.10 Å². The van der Waals surface area contributed by atoms with Gasteiger partial charge in [0.05, 0.1) is 0 Å². The monoisotopic (exact) mass is 238 g/mol. The third-order valence-corrected chi connectivity index (χ3v) is 2.79. The Morgan fingerprint density at radius 3 is 2.12 bits per heavy atom. The second kappa shape index (κ2) is 6.74. The minimum atomic E-state index is -0.741. The van der Waals surface area contributed by atoms with E-state index in [0.29, 0.717) is 13.2 Å². The van der Waals surface area contributed by atoms with Crippen molar-refractivity contribution in [2.75, 3.05) is 13.2 Å². The van der Waals surface area contributed by atoms with E-state index in [0.717, 1.165) is 11.1 Å². The van der Waals surface area contributed by atoms with Gasteiger partial charge in [-0.25, -0.2) is 0 Å². The molecule has 0 radical (unpaired) electrons. The zero-order chi connectivity index (χ0) is 12.8. The van der Waals surface area contributed by atoms with Crippen LogP contribution in [0.3, 0.4) is 0 Å². The highest BCUT2D eigenvalue weighted by Crippen LogP contribution is 2.22. The maximum absolute atomic E-state index is 10.2. The number of benzene rings is 1. The van der Waals surface area contributed by atoms with Crippen LogP contribution >= 0.6 is 0 Å². The smallest absolute Gasteiger partial charge is 0.187 e. The lowest BCUT2D eigenvalue weighted by atomic mass is 10.0. The van der Waals surface area contributed by atoms with Gasteiger partial charge in [-0.05, 0) is 44.4 Å². The standard InChI is InChI=1S/C14H22O3/c1-5-16-14(17-6-2)13(15)12-8-7-10(3)11(4)9-12/h7-9,13-15H,5-6H2,1-4H3. The van der Waals surface area contributed by atoms with Crippen LogP contribution in [0.5, 0.6) is 0 Å². The summed E-state index contributed by atoms with van der Waals surface area (Å²) in [5.74, 6) is 0. The topological polar surface area (TPSA) is 38.7 Å². The zero-order valence-electron chi connectivity index (χ0n) is 11.1. The van der Waals surface area contributed by atoms with Gasteiger partial charge in [0.15, 0.2) is 6.29 Å². The maximum Gasteiger partial charge on any atom is 0.187 e. The first-order valence-corrected chi connectivity index (χ1v) is 6.08. The van der Waals surface area contributed by atoms with Crippen molar-refractivity contribution >= 4 is 0 Å². The van der Waals surface area contributed by atoms with Gasteiger partial charge in [-0.2, -0.15) is 0 Å². The van der Waals surface area contributed by atoms with Crippen LogP contribution in [0.15, 0.2) is 18.2 Å². The van der Waals surface area contributed by atoms with Gasteiger partial charge in [-0.1, -0.05) is 18.2 Å². The minimum absolute atomic E-state index is 0.520. The third kappa shape index (κ3) is 3.80. The molecule has 0 amide bonds. The van der Waals surface area contributed by atoms with E-state index in [1.807, 2.05) is 45.9 Å². The minimum Gasteiger partial charge on any atom is -0.383 e. The summed E-state index contributed by atoms with van der Waals surface area (Å²) in [6.07, 6.45) is -1.33. The second-order valence-electron chi connectivity index (χ2n) is 4.07. The summed E-state index contributed by atoms with van der Waals surface area (Å²) < 4.78 is 10.8. The van der Waals surface area contributed by atoms with Crippen molar-refractivity contribution in [3.05, 3.63) is 34.9 Å². The predicted molar refractivity (Wildman–Crippen MR) is 67.9 cm³/mol. The summed E-state index contributed by atoms with van der Waals surface area (Å²) >= 11 is 0. The highest BCUT2D eigenvalue weighted by atomic mass is 16.7. The molecule has 1 rings (SSSR count). The van der Waals surface area contributed by atoms with E-state index in [1.54, 1.807) is 0 Å². The molecule has 0 aliphatic rings. The van der Waals surface area contributed by atoms with Crippen LogP contribution in [-0.4, -0.2) is 24.6 Å². The second-order valence-corrected chi connectivity index (χ2v) is 4.07. The normalized spacial score (nSPS) is 13.1. The molecule has 1 unspecified atom stereocenters. The Labute approximate surface area is 103 Å². The molecular formula is C14H22O3. The first-order chi connectivity index (χ1) is 8.10. The quantitative estimate of drug-likeness (QED) is 0.774. The summed E-state index contributed by atoms with van der Waals surface area (Å²) in [4.78, 5) is 0. The number of hydrogen-bond donors (Lipinski definition) is 1. The molecule has 0 aliphatic carbocycles. The Bertz CT molecular complexity index is 343. The van der Waals surface area contributed by atoms with Crippen molar-refractivity contribution in [3.8, 4) is 0 Å². The van der Waals surface area contributed by atoms with E-state index in [2.05, 4.69) is 0 Å². The molecule has 1 aromatic carbocycles. The number of aliphatic hydroxyl groups excluding tert-OH is 1. The average Bonchev–Trinajstić information content (AvgIpc) is 2.31. The van der Waals surface area contributed by atoms with E-state index in [-0.39, 0.29) is 0 Å². The molecule has 0 aromatic heterocycles. The zero-order valence-corrected chi connectivity index (χ0v) is 11.1. The summed E-state index contributed by atoms with van der Waals surface area (Å²) in [5, 5.41) is 10.2. The lowest BCUT2D eigenvalue weighted by Gasteiger charge is -2.23. The molecule has 0 saturated heterocycles. The first kappa shape index (κ1) is 14.2. The van der Waals surface area contributed by atoms with E-state index >= 15 is 0 Å². The molecule has 1 N–H and O–H groups in total. The number of aryl methyl sites for hydroxylation is 2. The van der Waals surface area contributed by atoms with Crippen LogP contribution in [-0.2, 0) is 9.47 Å². The molecule has 1 aromatic rings. The van der Waals surface area contributed by atoms with Crippen molar-refractivity contribution in [2.45, 2.75) is 40.1 Å². The Kier molecular flexibility index (Phi) is 5.62. The van der Waals surface area contributed by atoms with Gasteiger partial charge in [-0.15, -0.1) is 0 Å². The van der Waals surface area contributed by atoms with Crippen LogP contribution in [0.25, 0.3) is 0 Å². The highest BCUT2D eigenvalue weighted by molar-refractivity contribution is 5.31. The van der Waals surface area contributed by atoms with Gasteiger partial charge in [-0.3, -0.25) is 0 Å². The molecule has 0 bridgehead atoms. The van der Waals surface area contributed by atoms with Crippen LogP contribution in [0.4, 0.5) is 0 Å². The van der Waals surface area contributed by atoms with Crippen molar-refractivity contribution in [1.82, 2.24) is 0 Å². The summed E-state index contributed by atoms with van der Waals surface area (Å²) in [6.45, 7) is 8.90. The molecule has 0 saturated carbocycles. The van der Waals surface area contributed by atoms with Gasteiger partial charge < -0.3 is 14.6 Å². The Morgan fingerprint density at radius 2 is 1.65 bits per heavy atom. The molecule has 0 spiro atoms. The molecule has 17 heavy (non-hydrogen) atoms. The van der Waals surface area contributed by atoms with E-state index < -0.39 is 12.4 Å². The molecule has 3 nitrogen and oxygen atoms in total. The fourth-order valence-corrected chi connectivity index (χ4v) is 1.66. The van der Waals surface area contributed by atoms with Crippen molar-refractivity contribution in [2.24, 2.45) is 0 Å². The first-order valence-electron chi connectivity index (χ1n) is 6.08. The number of ether oxygens (including phenoxy) is 2. The van der Waals surface area contributed by atoms with E-state index in [4.69, 9.17) is 9.47 Å². The molecule has 3 heteroatoms. The Hall–Kier alpha value is -0.900. The van der Waals surface area contributed by atoms with Gasteiger partial charge in [0, 0.05) is 13.2 Å². The van der Waals surface area contributed by atoms with Crippen LogP contribution in [0, 0.1) is 13.8 Å². The average molecular weight is 238 g/mol. The SMILES string of the molecule is CCOC(OCC)C(O)c1ccc(C)c(C)c1. The number of rotatable bonds is 6. The largest absolute Gasteiger partial charge is 0.383 e. The summed E-state index contributed by atoms with van der Waals surface area (Å²) in [5.41, 5.74) is 3.21. The Morgan fingerprint density at radius 1 is 1.06 bits per heavy atom. The number of hydrogen-bond acceptors (Lipinski definition) is 3. The number of aliphatic hydroxyl groups is 1. The maximum atomic E-state index is 10.2. The molecule has 0 aliphatic heterocycles. The third-order valence-electron chi connectivity index (χ3n) is 2.79. The lowest BCUT2D eigenvalue weighted by molar-refractivity contribution is -0.191.